The molecule has 1 atom stereocenters. The van der Waals surface area contributed by atoms with Crippen LogP contribution in [0.5, 0.6) is 5.75 Å². The van der Waals surface area contributed by atoms with E-state index in [1.54, 1.807) is 19.2 Å². The molecule has 2 N–H and O–H groups in total. The molecule has 1 aliphatic rings. The van der Waals surface area contributed by atoms with Crippen molar-refractivity contribution in [2.75, 3.05) is 44.8 Å². The number of hydrogen-bond donors (Lipinski definition) is 2. The minimum atomic E-state index is -0.278. The van der Waals surface area contributed by atoms with Gasteiger partial charge in [-0.2, -0.15) is 0 Å². The number of pyridine rings is 1. The molecule has 1 saturated heterocycles. The van der Waals surface area contributed by atoms with Gasteiger partial charge >= 0.3 is 0 Å². The van der Waals surface area contributed by atoms with Gasteiger partial charge in [-0.1, -0.05) is 6.07 Å². The van der Waals surface area contributed by atoms with Crippen molar-refractivity contribution in [1.29, 1.82) is 0 Å². The van der Waals surface area contributed by atoms with E-state index in [9.17, 15) is 4.39 Å². The number of guanidine groups is 1. The molecular weight excluding hydrogens is 500 g/mol. The van der Waals surface area contributed by atoms with Crippen molar-refractivity contribution in [2.45, 2.75) is 19.6 Å². The van der Waals surface area contributed by atoms with Gasteiger partial charge < -0.3 is 25.0 Å². The number of ether oxygens (including phenoxy) is 2. The molecule has 0 radical (unpaired) electrons. The lowest BCUT2D eigenvalue weighted by molar-refractivity contribution is 0.122. The number of halogens is 2. The Morgan fingerprint density at radius 2 is 1.97 bits per heavy atom. The molecule has 9 heteroatoms. The van der Waals surface area contributed by atoms with Crippen LogP contribution in [0.3, 0.4) is 0 Å². The fraction of sp³-hybridized carbons (Fsp3) is 0.429. The van der Waals surface area contributed by atoms with Gasteiger partial charge in [0.05, 0.1) is 19.8 Å². The Labute approximate surface area is 194 Å². The molecular formula is C21H29FIN5O2. The van der Waals surface area contributed by atoms with Crippen LogP contribution in [-0.2, 0) is 11.3 Å². The summed E-state index contributed by atoms with van der Waals surface area (Å²) in [5.74, 6) is 2.01. The van der Waals surface area contributed by atoms with Gasteiger partial charge in [-0.15, -0.1) is 24.0 Å². The van der Waals surface area contributed by atoms with Crippen molar-refractivity contribution in [3.8, 4) is 5.75 Å². The van der Waals surface area contributed by atoms with E-state index in [1.807, 2.05) is 19.2 Å². The van der Waals surface area contributed by atoms with Crippen molar-refractivity contribution in [1.82, 2.24) is 15.6 Å². The number of aliphatic imine (C=N–C) groups is 1. The molecule has 7 nitrogen and oxygen atoms in total. The Morgan fingerprint density at radius 3 is 2.67 bits per heavy atom. The quantitative estimate of drug-likeness (QED) is 0.327. The lowest BCUT2D eigenvalue weighted by Gasteiger charge is -2.29. The third-order valence-corrected chi connectivity index (χ3v) is 4.56. The maximum atomic E-state index is 13.0. The molecule has 1 aliphatic heterocycles. The summed E-state index contributed by atoms with van der Waals surface area (Å²) < 4.78 is 24.2. The van der Waals surface area contributed by atoms with Crippen LogP contribution in [0, 0.1) is 5.82 Å². The normalized spacial score (nSPS) is 15.2. The smallest absolute Gasteiger partial charge is 0.191 e. The first-order valence-electron chi connectivity index (χ1n) is 9.79. The van der Waals surface area contributed by atoms with Crippen molar-refractivity contribution in [2.24, 2.45) is 4.99 Å². The Morgan fingerprint density at radius 1 is 1.23 bits per heavy atom. The number of morpholine rings is 1. The monoisotopic (exact) mass is 529 g/mol. The summed E-state index contributed by atoms with van der Waals surface area (Å²) in [4.78, 5) is 11.1. The second kappa shape index (κ2) is 12.5. The largest absolute Gasteiger partial charge is 0.489 e. The molecule has 1 aromatic heterocycles. The van der Waals surface area contributed by atoms with E-state index in [0.29, 0.717) is 24.8 Å². The van der Waals surface area contributed by atoms with E-state index in [1.165, 1.54) is 12.1 Å². The number of hydrogen-bond acceptors (Lipinski definition) is 5. The second-order valence-electron chi connectivity index (χ2n) is 6.77. The SMILES string of the molecule is CN=C(NCc1cccnc1N1CCOCC1)NCC(C)Oc1ccc(F)cc1.I. The lowest BCUT2D eigenvalue weighted by Crippen LogP contribution is -2.42. The molecule has 0 saturated carbocycles. The molecule has 1 unspecified atom stereocenters. The summed E-state index contributed by atoms with van der Waals surface area (Å²) in [5.41, 5.74) is 1.10. The van der Waals surface area contributed by atoms with Crippen LogP contribution in [0.25, 0.3) is 0 Å². The number of nitrogens with zero attached hydrogens (tertiary/aromatic N) is 3. The van der Waals surface area contributed by atoms with Crippen molar-refractivity contribution >= 4 is 35.8 Å². The third-order valence-electron chi connectivity index (χ3n) is 4.56. The zero-order valence-corrected chi connectivity index (χ0v) is 19.6. The fourth-order valence-corrected chi connectivity index (χ4v) is 3.06. The van der Waals surface area contributed by atoms with Crippen LogP contribution < -0.4 is 20.3 Å². The van der Waals surface area contributed by atoms with Gasteiger partial charge in [0.25, 0.3) is 0 Å². The first-order valence-corrected chi connectivity index (χ1v) is 9.79. The number of rotatable bonds is 7. The standard InChI is InChI=1S/C21H28FN5O2.HI/c1-16(29-19-7-5-18(22)6-8-19)14-25-21(23-2)26-15-17-4-3-9-24-20(17)27-10-12-28-13-11-27;/h3-9,16H,10-15H2,1-2H3,(H2,23,25,26);1H. The van der Waals surface area contributed by atoms with Crippen LogP contribution in [0.1, 0.15) is 12.5 Å². The highest BCUT2D eigenvalue weighted by Gasteiger charge is 2.16. The Bertz CT molecular complexity index is 800. The van der Waals surface area contributed by atoms with E-state index in [-0.39, 0.29) is 35.9 Å². The molecule has 30 heavy (non-hydrogen) atoms. The summed E-state index contributed by atoms with van der Waals surface area (Å²) in [6.45, 7) is 6.23. The van der Waals surface area contributed by atoms with E-state index in [2.05, 4.69) is 31.6 Å². The average Bonchev–Trinajstić information content (AvgIpc) is 2.76. The maximum Gasteiger partial charge on any atom is 0.191 e. The van der Waals surface area contributed by atoms with Gasteiger partial charge in [0.15, 0.2) is 5.96 Å². The topological polar surface area (TPSA) is 71.0 Å². The molecule has 0 bridgehead atoms. The van der Waals surface area contributed by atoms with Gasteiger partial charge in [-0.25, -0.2) is 9.37 Å². The summed E-state index contributed by atoms with van der Waals surface area (Å²) in [5, 5.41) is 6.58. The predicted molar refractivity (Wildman–Crippen MR) is 127 cm³/mol. The summed E-state index contributed by atoms with van der Waals surface area (Å²) in [6, 6.07) is 10.0. The first-order chi connectivity index (χ1) is 14.2. The Hall–Kier alpha value is -2.14. The van der Waals surface area contributed by atoms with Crippen molar-refractivity contribution < 1.29 is 13.9 Å². The molecule has 1 fully saturated rings. The van der Waals surface area contributed by atoms with Gasteiger partial charge in [-0.05, 0) is 37.3 Å². The van der Waals surface area contributed by atoms with Gasteiger partial charge in [0.2, 0.25) is 0 Å². The number of aromatic nitrogens is 1. The van der Waals surface area contributed by atoms with Crippen LogP contribution in [0.15, 0.2) is 47.6 Å². The average molecular weight is 529 g/mol. The molecule has 164 valence electrons. The van der Waals surface area contributed by atoms with E-state index in [0.717, 1.165) is 37.7 Å². The van der Waals surface area contributed by atoms with E-state index in [4.69, 9.17) is 9.47 Å². The molecule has 0 spiro atoms. The highest BCUT2D eigenvalue weighted by Crippen LogP contribution is 2.18. The zero-order valence-electron chi connectivity index (χ0n) is 17.3. The van der Waals surface area contributed by atoms with Crippen LogP contribution in [-0.4, -0.2) is 56.9 Å². The minimum Gasteiger partial charge on any atom is -0.489 e. The molecule has 2 heterocycles. The number of nitrogens with one attached hydrogen (secondary N) is 2. The van der Waals surface area contributed by atoms with Crippen molar-refractivity contribution in [3.63, 3.8) is 0 Å². The lowest BCUT2D eigenvalue weighted by atomic mass is 10.2. The van der Waals surface area contributed by atoms with Crippen LogP contribution >= 0.6 is 24.0 Å². The fourth-order valence-electron chi connectivity index (χ4n) is 3.06. The third kappa shape index (κ3) is 7.28. The van der Waals surface area contributed by atoms with E-state index >= 15 is 0 Å². The second-order valence-corrected chi connectivity index (χ2v) is 6.77. The first kappa shape index (κ1) is 24.1. The Balaban J connectivity index is 0.00000320. The highest BCUT2D eigenvalue weighted by atomic mass is 127. The van der Waals surface area contributed by atoms with Crippen molar-refractivity contribution in [3.05, 3.63) is 54.0 Å². The highest BCUT2D eigenvalue weighted by molar-refractivity contribution is 14.0. The molecule has 0 amide bonds. The van der Waals surface area contributed by atoms with Crippen LogP contribution in [0.4, 0.5) is 10.2 Å². The molecule has 3 rings (SSSR count). The van der Waals surface area contributed by atoms with Gasteiger partial charge in [0, 0.05) is 38.4 Å². The van der Waals surface area contributed by atoms with Gasteiger partial charge in [-0.3, -0.25) is 4.99 Å². The van der Waals surface area contributed by atoms with Gasteiger partial charge in [0.1, 0.15) is 23.5 Å². The summed E-state index contributed by atoms with van der Waals surface area (Å²) in [7, 11) is 1.73. The predicted octanol–water partition coefficient (Wildman–Crippen LogP) is 2.81. The van der Waals surface area contributed by atoms with E-state index < -0.39 is 0 Å². The maximum absolute atomic E-state index is 13.0. The van der Waals surface area contributed by atoms with Crippen LogP contribution in [0.2, 0.25) is 0 Å². The number of benzene rings is 1. The minimum absolute atomic E-state index is 0. The molecule has 1 aromatic carbocycles. The summed E-state index contributed by atoms with van der Waals surface area (Å²) >= 11 is 0. The number of anilines is 1. The molecule has 2 aromatic rings. The zero-order chi connectivity index (χ0) is 20.5. The molecule has 0 aliphatic carbocycles. The summed E-state index contributed by atoms with van der Waals surface area (Å²) in [6.07, 6.45) is 1.71. The Kier molecular flexibility index (Phi) is 10.1.